The van der Waals surface area contributed by atoms with Crippen LogP contribution >= 0.6 is 12.2 Å². The van der Waals surface area contributed by atoms with Gasteiger partial charge in [0.1, 0.15) is 11.1 Å². The van der Waals surface area contributed by atoms with E-state index < -0.39 is 0 Å². The summed E-state index contributed by atoms with van der Waals surface area (Å²) in [5.41, 5.74) is 2.86. The minimum absolute atomic E-state index is 0.323. The topological polar surface area (TPSA) is 82.0 Å². The highest BCUT2D eigenvalue weighted by Gasteiger charge is 2.14. The van der Waals surface area contributed by atoms with E-state index in [9.17, 15) is 5.26 Å². The highest BCUT2D eigenvalue weighted by Crippen LogP contribution is 2.38. The van der Waals surface area contributed by atoms with E-state index in [0.717, 1.165) is 16.7 Å². The normalized spacial score (nSPS) is 10.7. The third-order valence-electron chi connectivity index (χ3n) is 4.54. The Kier molecular flexibility index (Phi) is 8.53. The standard InChI is InChI=1S/C23H26N2O5S/c1-14-7-15(9-18(26-2)21(14)29-5)8-17(12-24)23(31)25-13-16-10-19(27-3)22(30-6)20(11-16)28-4/h7-11H,13H2,1-6H3,(H,25,31)/b17-8+. The van der Waals surface area contributed by atoms with Crippen LogP contribution in [0.15, 0.2) is 29.8 Å². The van der Waals surface area contributed by atoms with Crippen LogP contribution in [0.3, 0.4) is 0 Å². The van der Waals surface area contributed by atoms with Gasteiger partial charge < -0.3 is 29.0 Å². The number of aryl methyl sites for hydroxylation is 1. The first-order valence-corrected chi connectivity index (χ1v) is 9.74. The van der Waals surface area contributed by atoms with E-state index in [1.54, 1.807) is 47.7 Å². The van der Waals surface area contributed by atoms with Gasteiger partial charge in [-0.1, -0.05) is 12.2 Å². The lowest BCUT2D eigenvalue weighted by molar-refractivity contribution is 0.323. The third-order valence-corrected chi connectivity index (χ3v) is 4.90. The maximum absolute atomic E-state index is 9.63. The highest BCUT2D eigenvalue weighted by molar-refractivity contribution is 7.80. The lowest BCUT2D eigenvalue weighted by Crippen LogP contribution is -2.22. The summed E-state index contributed by atoms with van der Waals surface area (Å²) in [4.78, 5) is 0.323. The summed E-state index contributed by atoms with van der Waals surface area (Å²) in [6.45, 7) is 2.28. The molecule has 0 aliphatic carbocycles. The molecule has 0 amide bonds. The zero-order chi connectivity index (χ0) is 23.0. The molecule has 0 heterocycles. The molecule has 0 saturated heterocycles. The van der Waals surface area contributed by atoms with Crippen molar-refractivity contribution in [1.82, 2.24) is 5.32 Å². The molecule has 2 rings (SSSR count). The van der Waals surface area contributed by atoms with Crippen molar-refractivity contribution in [2.45, 2.75) is 13.5 Å². The van der Waals surface area contributed by atoms with Crippen molar-refractivity contribution in [3.63, 3.8) is 0 Å². The number of rotatable bonds is 9. The summed E-state index contributed by atoms with van der Waals surface area (Å²) < 4.78 is 26.8. The first kappa shape index (κ1) is 23.8. The van der Waals surface area contributed by atoms with Gasteiger partial charge in [-0.15, -0.1) is 0 Å². The zero-order valence-electron chi connectivity index (χ0n) is 18.5. The van der Waals surface area contributed by atoms with Crippen molar-refractivity contribution in [3.8, 4) is 34.8 Å². The summed E-state index contributed by atoms with van der Waals surface area (Å²) in [6.07, 6.45) is 1.71. The molecule has 0 atom stereocenters. The maximum Gasteiger partial charge on any atom is 0.203 e. The SMILES string of the molecule is COc1cc(/C=C(\C#N)C(=S)NCc2cc(OC)c(OC)c(OC)c2)cc(C)c1OC. The molecule has 0 unspecified atom stereocenters. The van der Waals surface area contributed by atoms with E-state index in [4.69, 9.17) is 35.9 Å². The molecule has 0 saturated carbocycles. The predicted octanol–water partition coefficient (Wildman–Crippen LogP) is 4.06. The fourth-order valence-corrected chi connectivity index (χ4v) is 3.27. The highest BCUT2D eigenvalue weighted by atomic mass is 32.1. The number of ether oxygens (including phenoxy) is 5. The molecule has 0 aromatic heterocycles. The largest absolute Gasteiger partial charge is 0.493 e. The number of nitriles is 1. The molecule has 0 radical (unpaired) electrons. The van der Waals surface area contributed by atoms with E-state index in [-0.39, 0.29) is 0 Å². The van der Waals surface area contributed by atoms with Crippen molar-refractivity contribution in [3.05, 3.63) is 46.5 Å². The Morgan fingerprint density at radius 3 is 1.94 bits per heavy atom. The molecule has 0 bridgehead atoms. The molecule has 2 aromatic carbocycles. The molecule has 0 fully saturated rings. The molecule has 31 heavy (non-hydrogen) atoms. The van der Waals surface area contributed by atoms with Gasteiger partial charge in [-0.2, -0.15) is 5.26 Å². The molecule has 0 spiro atoms. The second-order valence-electron chi connectivity index (χ2n) is 6.46. The number of hydrogen-bond donors (Lipinski definition) is 1. The molecule has 1 N–H and O–H groups in total. The van der Waals surface area contributed by atoms with Crippen LogP contribution in [0.1, 0.15) is 16.7 Å². The number of thiocarbonyl (C=S) groups is 1. The number of nitrogens with zero attached hydrogens (tertiary/aromatic N) is 1. The summed E-state index contributed by atoms with van der Waals surface area (Å²) >= 11 is 5.44. The first-order valence-electron chi connectivity index (χ1n) is 9.33. The van der Waals surface area contributed by atoms with E-state index in [0.29, 0.717) is 45.9 Å². The van der Waals surface area contributed by atoms with Crippen molar-refractivity contribution < 1.29 is 23.7 Å². The number of hydrogen-bond acceptors (Lipinski definition) is 7. The Labute approximate surface area is 188 Å². The predicted molar refractivity (Wildman–Crippen MR) is 123 cm³/mol. The summed E-state index contributed by atoms with van der Waals surface area (Å²) in [7, 11) is 7.82. The van der Waals surface area contributed by atoms with Crippen LogP contribution in [0.25, 0.3) is 6.08 Å². The van der Waals surface area contributed by atoms with Gasteiger partial charge in [0.05, 0.1) is 41.1 Å². The first-order chi connectivity index (χ1) is 14.9. The van der Waals surface area contributed by atoms with Crippen LogP contribution in [0.4, 0.5) is 0 Å². The fourth-order valence-electron chi connectivity index (χ4n) is 3.10. The number of nitrogens with one attached hydrogen (secondary N) is 1. The van der Waals surface area contributed by atoms with Crippen molar-refractivity contribution >= 4 is 23.3 Å². The monoisotopic (exact) mass is 442 g/mol. The quantitative estimate of drug-likeness (QED) is 0.354. The molecule has 7 nitrogen and oxygen atoms in total. The summed E-state index contributed by atoms with van der Waals surface area (Å²) in [5, 5.41) is 12.7. The van der Waals surface area contributed by atoms with E-state index in [1.807, 2.05) is 25.1 Å². The Morgan fingerprint density at radius 2 is 1.45 bits per heavy atom. The Morgan fingerprint density at radius 1 is 0.903 bits per heavy atom. The van der Waals surface area contributed by atoms with Crippen LogP contribution in [0.2, 0.25) is 0 Å². The summed E-state index contributed by atoms with van der Waals surface area (Å²) in [6, 6.07) is 9.50. The fraction of sp³-hybridized carbons (Fsp3) is 0.304. The Hall–Kier alpha value is -3.44. The third kappa shape index (κ3) is 5.58. The Balaban J connectivity index is 2.25. The summed E-state index contributed by atoms with van der Waals surface area (Å²) in [5.74, 6) is 2.84. The van der Waals surface area contributed by atoms with Gasteiger partial charge >= 0.3 is 0 Å². The average Bonchev–Trinajstić information content (AvgIpc) is 2.79. The second-order valence-corrected chi connectivity index (χ2v) is 6.87. The Bertz CT molecular complexity index is 1000. The van der Waals surface area contributed by atoms with Crippen LogP contribution in [-0.2, 0) is 6.54 Å². The number of methoxy groups -OCH3 is 5. The van der Waals surface area contributed by atoms with Crippen molar-refractivity contribution in [1.29, 1.82) is 5.26 Å². The van der Waals surface area contributed by atoms with Crippen LogP contribution < -0.4 is 29.0 Å². The van der Waals surface area contributed by atoms with E-state index >= 15 is 0 Å². The van der Waals surface area contributed by atoms with Gasteiger partial charge in [0.15, 0.2) is 23.0 Å². The van der Waals surface area contributed by atoms with Gasteiger partial charge in [-0.25, -0.2) is 0 Å². The minimum Gasteiger partial charge on any atom is -0.493 e. The molecule has 0 aliphatic heterocycles. The van der Waals surface area contributed by atoms with Gasteiger partial charge in [-0.05, 0) is 54.0 Å². The van der Waals surface area contributed by atoms with Crippen molar-refractivity contribution in [2.24, 2.45) is 0 Å². The molecule has 164 valence electrons. The smallest absolute Gasteiger partial charge is 0.203 e. The minimum atomic E-state index is 0.323. The zero-order valence-corrected chi connectivity index (χ0v) is 19.3. The van der Waals surface area contributed by atoms with E-state index in [2.05, 4.69) is 11.4 Å². The van der Waals surface area contributed by atoms with Crippen LogP contribution in [-0.4, -0.2) is 40.5 Å². The maximum atomic E-state index is 9.63. The average molecular weight is 443 g/mol. The van der Waals surface area contributed by atoms with Crippen LogP contribution in [0, 0.1) is 18.3 Å². The van der Waals surface area contributed by atoms with Gasteiger partial charge in [0.2, 0.25) is 5.75 Å². The molecule has 0 aliphatic rings. The molecular formula is C23H26N2O5S. The van der Waals surface area contributed by atoms with E-state index in [1.165, 1.54) is 0 Å². The molecule has 2 aromatic rings. The number of benzene rings is 2. The molecule has 8 heteroatoms. The lowest BCUT2D eigenvalue weighted by atomic mass is 10.1. The second kappa shape index (κ2) is 11.1. The van der Waals surface area contributed by atoms with Gasteiger partial charge in [0, 0.05) is 6.54 Å². The van der Waals surface area contributed by atoms with Gasteiger partial charge in [-0.3, -0.25) is 0 Å². The van der Waals surface area contributed by atoms with Crippen LogP contribution in [0.5, 0.6) is 28.7 Å². The lowest BCUT2D eigenvalue weighted by Gasteiger charge is -2.15. The van der Waals surface area contributed by atoms with Crippen molar-refractivity contribution in [2.75, 3.05) is 35.5 Å². The van der Waals surface area contributed by atoms with Gasteiger partial charge in [0.25, 0.3) is 0 Å². The molecular weight excluding hydrogens is 416 g/mol.